The molecule has 3 rings (SSSR count). The van der Waals surface area contributed by atoms with E-state index in [1.165, 1.54) is 0 Å². The summed E-state index contributed by atoms with van der Waals surface area (Å²) in [6.45, 7) is 1.29. The molecule has 25 heavy (non-hydrogen) atoms. The molecule has 0 atom stereocenters. The van der Waals surface area contributed by atoms with E-state index in [0.29, 0.717) is 13.1 Å². The molecule has 0 aliphatic rings. The van der Waals surface area contributed by atoms with Gasteiger partial charge in [-0.3, -0.25) is 0 Å². The molecule has 0 amide bonds. The predicted molar refractivity (Wildman–Crippen MR) is 89.6 cm³/mol. The van der Waals surface area contributed by atoms with E-state index in [1.807, 2.05) is 27.9 Å². The molecule has 2 N–H and O–H groups in total. The highest BCUT2D eigenvalue weighted by Crippen LogP contribution is 2.07. The summed E-state index contributed by atoms with van der Waals surface area (Å²) < 4.78 is 4.00. The number of carboxylic acid groups (broad SMARTS) is 2. The number of hydrogen-bond acceptors (Lipinski definition) is 2. The van der Waals surface area contributed by atoms with Crippen LogP contribution in [0.3, 0.4) is 0 Å². The van der Waals surface area contributed by atoms with Crippen molar-refractivity contribution in [3.63, 3.8) is 0 Å². The quantitative estimate of drug-likeness (QED) is 0.676. The Morgan fingerprint density at radius 1 is 0.840 bits per heavy atom. The summed E-state index contributed by atoms with van der Waals surface area (Å²) in [5.41, 5.74) is 2.57. The number of benzene rings is 2. The van der Waals surface area contributed by atoms with Gasteiger partial charge in [0, 0.05) is 0 Å². The van der Waals surface area contributed by atoms with Gasteiger partial charge in [-0.05, 0) is 35.4 Å². The average molecular weight is 337 g/mol. The zero-order chi connectivity index (χ0) is 17.8. The zero-order valence-corrected chi connectivity index (χ0v) is 13.4. The van der Waals surface area contributed by atoms with Gasteiger partial charge in [0.1, 0.15) is 25.5 Å². The largest absolute Gasteiger partial charge is 0.478 e. The maximum absolute atomic E-state index is 10.9. The van der Waals surface area contributed by atoms with Gasteiger partial charge in [0.15, 0.2) is 0 Å². The zero-order valence-electron chi connectivity index (χ0n) is 13.4. The average Bonchev–Trinajstić information content (AvgIpc) is 3.02. The van der Waals surface area contributed by atoms with Gasteiger partial charge < -0.3 is 10.2 Å². The van der Waals surface area contributed by atoms with Crippen LogP contribution in [0, 0.1) is 0 Å². The van der Waals surface area contributed by atoms with E-state index in [0.717, 1.165) is 11.1 Å². The molecule has 0 aliphatic heterocycles. The standard InChI is InChI=1S/C19H16N2O4/c22-18(23)16-5-1-14(2-6-16)11-20-9-10-21(13-20)12-15-3-7-17(8-4-15)19(24)25/h1-10,13H,11-12H2,(H-,22,23,24,25)/p+1. The summed E-state index contributed by atoms with van der Waals surface area (Å²) in [5.74, 6) is -1.86. The fraction of sp³-hybridized carbons (Fsp3) is 0.105. The van der Waals surface area contributed by atoms with E-state index in [9.17, 15) is 9.59 Å². The van der Waals surface area contributed by atoms with Gasteiger partial charge in [0.2, 0.25) is 6.33 Å². The highest BCUT2D eigenvalue weighted by atomic mass is 16.4. The van der Waals surface area contributed by atoms with Crippen LogP contribution in [0.4, 0.5) is 0 Å². The van der Waals surface area contributed by atoms with Crippen molar-refractivity contribution in [2.24, 2.45) is 0 Å². The van der Waals surface area contributed by atoms with E-state index < -0.39 is 11.9 Å². The Hall–Kier alpha value is -3.41. The van der Waals surface area contributed by atoms with Gasteiger partial charge in [-0.2, -0.15) is 0 Å². The monoisotopic (exact) mass is 337 g/mol. The lowest BCUT2D eigenvalue weighted by atomic mass is 10.1. The maximum Gasteiger partial charge on any atom is 0.335 e. The van der Waals surface area contributed by atoms with Crippen LogP contribution < -0.4 is 4.57 Å². The molecule has 1 heterocycles. The molecule has 0 saturated carbocycles. The number of rotatable bonds is 6. The van der Waals surface area contributed by atoms with Gasteiger partial charge in [0.05, 0.1) is 11.1 Å². The molecule has 0 radical (unpaired) electrons. The van der Waals surface area contributed by atoms with Gasteiger partial charge in [-0.25, -0.2) is 18.7 Å². The predicted octanol–water partition coefficient (Wildman–Crippen LogP) is 2.27. The summed E-state index contributed by atoms with van der Waals surface area (Å²) in [5, 5.41) is 17.8. The third-order valence-electron chi connectivity index (χ3n) is 3.88. The van der Waals surface area contributed by atoms with Crippen molar-refractivity contribution >= 4 is 11.9 Å². The summed E-state index contributed by atoms with van der Waals surface area (Å²) in [4.78, 5) is 21.7. The minimum Gasteiger partial charge on any atom is -0.478 e. The lowest BCUT2D eigenvalue weighted by Crippen LogP contribution is -2.31. The minimum atomic E-state index is -0.931. The third-order valence-corrected chi connectivity index (χ3v) is 3.88. The Morgan fingerprint density at radius 2 is 1.36 bits per heavy atom. The summed E-state index contributed by atoms with van der Waals surface area (Å²) >= 11 is 0. The van der Waals surface area contributed by atoms with E-state index in [1.54, 1.807) is 48.5 Å². The molecule has 0 spiro atoms. The third kappa shape index (κ3) is 4.11. The van der Waals surface area contributed by atoms with Crippen LogP contribution in [0.1, 0.15) is 31.8 Å². The first-order chi connectivity index (χ1) is 12.0. The van der Waals surface area contributed by atoms with Crippen LogP contribution in [0.25, 0.3) is 0 Å². The molecular weight excluding hydrogens is 320 g/mol. The van der Waals surface area contributed by atoms with E-state index >= 15 is 0 Å². The Kier molecular flexibility index (Phi) is 4.61. The smallest absolute Gasteiger partial charge is 0.335 e. The fourth-order valence-corrected chi connectivity index (χ4v) is 2.55. The molecule has 0 fully saturated rings. The number of aromatic carboxylic acids is 2. The lowest BCUT2D eigenvalue weighted by molar-refractivity contribution is -0.687. The molecule has 6 nitrogen and oxygen atoms in total. The Bertz CT molecular complexity index is 822. The number of carbonyl (C=O) groups is 2. The number of nitrogens with zero attached hydrogens (tertiary/aromatic N) is 2. The van der Waals surface area contributed by atoms with Gasteiger partial charge >= 0.3 is 11.9 Å². The van der Waals surface area contributed by atoms with E-state index in [4.69, 9.17) is 10.2 Å². The summed E-state index contributed by atoms with van der Waals surface area (Å²) in [6.07, 6.45) is 5.84. The van der Waals surface area contributed by atoms with Crippen molar-refractivity contribution < 1.29 is 24.4 Å². The molecule has 2 aromatic carbocycles. The topological polar surface area (TPSA) is 83.4 Å². The van der Waals surface area contributed by atoms with Crippen LogP contribution >= 0.6 is 0 Å². The maximum atomic E-state index is 10.9. The molecule has 1 aromatic heterocycles. The highest BCUT2D eigenvalue weighted by Gasteiger charge is 2.08. The molecule has 0 aliphatic carbocycles. The van der Waals surface area contributed by atoms with Crippen LogP contribution in [-0.2, 0) is 13.1 Å². The van der Waals surface area contributed by atoms with Crippen LogP contribution in [-0.4, -0.2) is 26.7 Å². The molecule has 3 aromatic rings. The van der Waals surface area contributed by atoms with Crippen molar-refractivity contribution in [1.82, 2.24) is 4.57 Å². The molecule has 126 valence electrons. The second kappa shape index (κ2) is 7.00. The summed E-state index contributed by atoms with van der Waals surface area (Å²) in [7, 11) is 0. The van der Waals surface area contributed by atoms with Crippen molar-refractivity contribution in [1.29, 1.82) is 0 Å². The van der Waals surface area contributed by atoms with Gasteiger partial charge in [-0.15, -0.1) is 0 Å². The van der Waals surface area contributed by atoms with Crippen molar-refractivity contribution in [2.45, 2.75) is 13.1 Å². The molecule has 0 unspecified atom stereocenters. The number of imidazole rings is 1. The highest BCUT2D eigenvalue weighted by molar-refractivity contribution is 5.87. The van der Waals surface area contributed by atoms with Gasteiger partial charge in [-0.1, -0.05) is 24.3 Å². The van der Waals surface area contributed by atoms with Crippen LogP contribution in [0.5, 0.6) is 0 Å². The summed E-state index contributed by atoms with van der Waals surface area (Å²) in [6, 6.07) is 13.6. The first-order valence-electron chi connectivity index (χ1n) is 7.70. The normalized spacial score (nSPS) is 10.6. The van der Waals surface area contributed by atoms with E-state index in [-0.39, 0.29) is 11.1 Å². The molecule has 6 heteroatoms. The first-order valence-corrected chi connectivity index (χ1v) is 7.70. The Morgan fingerprint density at radius 3 is 1.88 bits per heavy atom. The Balaban J connectivity index is 1.65. The Labute approximate surface area is 144 Å². The number of hydrogen-bond donors (Lipinski definition) is 2. The second-order valence-corrected chi connectivity index (χ2v) is 5.76. The van der Waals surface area contributed by atoms with Crippen molar-refractivity contribution in [2.75, 3.05) is 0 Å². The lowest BCUT2D eigenvalue weighted by Gasteiger charge is -2.00. The fourth-order valence-electron chi connectivity index (χ4n) is 2.55. The molecule has 0 saturated heterocycles. The van der Waals surface area contributed by atoms with E-state index in [2.05, 4.69) is 0 Å². The number of carboxylic acids is 2. The minimum absolute atomic E-state index is 0.274. The SMILES string of the molecule is O=C(O)c1ccc(Cn2cc[n+](Cc3ccc(C(=O)O)cc3)c2)cc1. The van der Waals surface area contributed by atoms with Crippen LogP contribution in [0.15, 0.2) is 67.3 Å². The molecular formula is C19H17N2O4+. The number of aromatic nitrogens is 2. The second-order valence-electron chi connectivity index (χ2n) is 5.76. The first kappa shape index (κ1) is 16.4. The van der Waals surface area contributed by atoms with Crippen molar-refractivity contribution in [3.8, 4) is 0 Å². The molecule has 0 bridgehead atoms. The van der Waals surface area contributed by atoms with Crippen LogP contribution in [0.2, 0.25) is 0 Å². The van der Waals surface area contributed by atoms with Gasteiger partial charge in [0.25, 0.3) is 0 Å². The van der Waals surface area contributed by atoms with Crippen molar-refractivity contribution in [3.05, 3.63) is 89.5 Å².